The molecule has 0 aliphatic carbocycles. The summed E-state index contributed by atoms with van der Waals surface area (Å²) in [5.41, 5.74) is 0. The molecule has 14 heavy (non-hydrogen) atoms. The maximum absolute atomic E-state index is 8.33. The maximum atomic E-state index is 8.33. The molecule has 0 saturated carbocycles. The smallest absolute Gasteiger partial charge is 0.427 e. The molecule has 0 radical (unpaired) electrons. The summed E-state index contributed by atoms with van der Waals surface area (Å²) >= 11 is 3.35. The molecule has 0 heterocycles. The third-order valence-electron chi connectivity index (χ3n) is 1.80. The van der Waals surface area contributed by atoms with Gasteiger partial charge in [0.25, 0.3) is 0 Å². The molecule has 0 rings (SSSR count). The highest BCUT2D eigenvalue weighted by Crippen LogP contribution is 1.99. The second-order valence-electron chi connectivity index (χ2n) is 3.37. The molecule has 0 aromatic rings. The fraction of sp³-hybridized carbons (Fsp3) is 1.00. The summed E-state index contributed by atoms with van der Waals surface area (Å²) in [5, 5.41) is 17.8. The van der Waals surface area contributed by atoms with Crippen molar-refractivity contribution in [2.45, 2.75) is 58.7 Å². The Morgan fingerprint density at radius 1 is 0.929 bits per heavy atom. The number of alkyl halides is 1. The van der Waals surface area contributed by atoms with Gasteiger partial charge in [-0.2, -0.15) is 0 Å². The van der Waals surface area contributed by atoms with Gasteiger partial charge in [0.1, 0.15) is 0 Å². The summed E-state index contributed by atoms with van der Waals surface area (Å²) in [7, 11) is -1.10. The third-order valence-corrected chi connectivity index (χ3v) is 2.36. The maximum Gasteiger partial charge on any atom is 0.451 e. The van der Waals surface area contributed by atoms with E-state index >= 15 is 0 Å². The minimum atomic E-state index is -1.10. The van der Waals surface area contributed by atoms with Crippen LogP contribution in [0.4, 0.5) is 0 Å². The van der Waals surface area contributed by atoms with E-state index in [-0.39, 0.29) is 0 Å². The first-order chi connectivity index (χ1) is 6.68. The van der Waals surface area contributed by atoms with Crippen LogP contribution in [0.25, 0.3) is 0 Å². The Morgan fingerprint density at radius 3 is 1.71 bits per heavy atom. The van der Waals surface area contributed by atoms with Gasteiger partial charge in [-0.25, -0.2) is 0 Å². The second-order valence-corrected chi connectivity index (χ2v) is 4.17. The van der Waals surface area contributed by atoms with E-state index in [9.17, 15) is 0 Å². The van der Waals surface area contributed by atoms with Crippen LogP contribution >= 0.6 is 15.9 Å². The number of hydrogen-bond donors (Lipinski definition) is 2. The van der Waals surface area contributed by atoms with Crippen LogP contribution in [0.15, 0.2) is 0 Å². The minimum Gasteiger partial charge on any atom is -0.427 e. The number of rotatable bonds is 7. The van der Waals surface area contributed by atoms with E-state index in [0.717, 1.165) is 19.3 Å². The van der Waals surface area contributed by atoms with Crippen LogP contribution in [0.5, 0.6) is 0 Å². The van der Waals surface area contributed by atoms with Crippen LogP contribution in [0, 0.1) is 0 Å². The van der Waals surface area contributed by atoms with E-state index in [2.05, 4.69) is 29.8 Å². The van der Waals surface area contributed by atoms with Gasteiger partial charge in [-0.15, -0.1) is 0 Å². The summed E-state index contributed by atoms with van der Waals surface area (Å²) < 4.78 is 0. The molecule has 0 unspecified atom stereocenters. The molecule has 0 fully saturated rings. The summed E-state index contributed by atoms with van der Waals surface area (Å²) in [5.74, 6) is 0. The average Bonchev–Trinajstić information content (AvgIpc) is 2.16. The van der Waals surface area contributed by atoms with Crippen LogP contribution in [-0.2, 0) is 0 Å². The Bertz CT molecular complexity index is 88.2. The van der Waals surface area contributed by atoms with Crippen LogP contribution in [-0.4, -0.2) is 22.5 Å². The Balaban J connectivity index is 0. The van der Waals surface area contributed by atoms with Gasteiger partial charge in [-0.3, -0.25) is 0 Å². The molecule has 2 N–H and O–H groups in total. The zero-order chi connectivity index (χ0) is 11.2. The molecule has 86 valence electrons. The van der Waals surface area contributed by atoms with Crippen LogP contribution in [0.1, 0.15) is 52.4 Å². The van der Waals surface area contributed by atoms with Crippen molar-refractivity contribution in [3.05, 3.63) is 0 Å². The van der Waals surface area contributed by atoms with E-state index in [0.29, 0.717) is 6.32 Å². The highest BCUT2D eigenvalue weighted by atomic mass is 79.9. The van der Waals surface area contributed by atoms with Crippen molar-refractivity contribution in [3.8, 4) is 0 Å². The normalized spacial score (nSPS) is 9.21. The Kier molecular flexibility index (Phi) is 19.2. The van der Waals surface area contributed by atoms with Crippen molar-refractivity contribution >= 4 is 23.0 Å². The first kappa shape index (κ1) is 16.9. The SMILES string of the molecule is CCCCCB(O)O.CCCCCBr. The van der Waals surface area contributed by atoms with Gasteiger partial charge in [0, 0.05) is 5.33 Å². The monoisotopic (exact) mass is 266 g/mol. The lowest BCUT2D eigenvalue weighted by molar-refractivity contribution is 0.402. The summed E-state index contributed by atoms with van der Waals surface area (Å²) in [6.45, 7) is 4.30. The van der Waals surface area contributed by atoms with Crippen molar-refractivity contribution in [1.29, 1.82) is 0 Å². The van der Waals surface area contributed by atoms with Crippen LogP contribution < -0.4 is 0 Å². The molecule has 0 aliphatic heterocycles. The van der Waals surface area contributed by atoms with Crippen molar-refractivity contribution in [1.82, 2.24) is 0 Å². The fourth-order valence-corrected chi connectivity index (χ4v) is 1.32. The zero-order valence-electron chi connectivity index (χ0n) is 9.51. The van der Waals surface area contributed by atoms with E-state index < -0.39 is 7.12 Å². The van der Waals surface area contributed by atoms with Crippen molar-refractivity contribution in [2.75, 3.05) is 5.33 Å². The predicted octanol–water partition coefficient (Wildman–Crippen LogP) is 3.22. The standard InChI is InChI=1S/C5H13BO2.C5H11Br/c1-2-3-4-5-6(7)8;1-2-3-4-5-6/h7-8H,2-5H2,1H3;2-5H2,1H3. The molecule has 0 saturated heterocycles. The van der Waals surface area contributed by atoms with Crippen LogP contribution in [0.3, 0.4) is 0 Å². The van der Waals surface area contributed by atoms with Crippen LogP contribution in [0.2, 0.25) is 6.32 Å². The van der Waals surface area contributed by atoms with Gasteiger partial charge in [0.2, 0.25) is 0 Å². The Hall–Kier alpha value is 0.465. The quantitative estimate of drug-likeness (QED) is 0.422. The van der Waals surface area contributed by atoms with Gasteiger partial charge in [0.15, 0.2) is 0 Å². The highest BCUT2D eigenvalue weighted by Gasteiger charge is 2.03. The number of unbranched alkanes of at least 4 members (excludes halogenated alkanes) is 4. The lowest BCUT2D eigenvalue weighted by Gasteiger charge is -1.94. The largest absolute Gasteiger partial charge is 0.451 e. The van der Waals surface area contributed by atoms with Gasteiger partial charge in [-0.05, 0) is 12.7 Å². The molecule has 2 nitrogen and oxygen atoms in total. The lowest BCUT2D eigenvalue weighted by atomic mass is 9.84. The van der Waals surface area contributed by atoms with E-state index in [1.807, 2.05) is 0 Å². The zero-order valence-corrected chi connectivity index (χ0v) is 11.1. The lowest BCUT2D eigenvalue weighted by Crippen LogP contribution is -2.09. The van der Waals surface area contributed by atoms with Crippen molar-refractivity contribution < 1.29 is 10.0 Å². The third kappa shape index (κ3) is 22.9. The highest BCUT2D eigenvalue weighted by molar-refractivity contribution is 9.09. The second kappa shape index (κ2) is 15.9. The molecule has 0 spiro atoms. The molecule has 0 aliphatic rings. The molecule has 0 bridgehead atoms. The van der Waals surface area contributed by atoms with Crippen molar-refractivity contribution in [2.24, 2.45) is 0 Å². The molecular weight excluding hydrogens is 243 g/mol. The molecule has 0 atom stereocenters. The Labute approximate surface area is 97.4 Å². The topological polar surface area (TPSA) is 40.5 Å². The Morgan fingerprint density at radius 2 is 1.43 bits per heavy atom. The van der Waals surface area contributed by atoms with E-state index in [4.69, 9.17) is 10.0 Å². The molecule has 4 heteroatoms. The summed E-state index contributed by atoms with van der Waals surface area (Å²) in [4.78, 5) is 0. The summed E-state index contributed by atoms with van der Waals surface area (Å²) in [6, 6.07) is 0. The van der Waals surface area contributed by atoms with E-state index in [1.165, 1.54) is 24.6 Å². The predicted molar refractivity (Wildman–Crippen MR) is 67.8 cm³/mol. The van der Waals surface area contributed by atoms with Gasteiger partial charge >= 0.3 is 7.12 Å². The average molecular weight is 267 g/mol. The molecule has 0 aromatic heterocycles. The first-order valence-corrected chi connectivity index (χ1v) is 6.73. The fourth-order valence-electron chi connectivity index (χ4n) is 0.921. The van der Waals surface area contributed by atoms with Gasteiger partial charge in [0.05, 0.1) is 0 Å². The van der Waals surface area contributed by atoms with Gasteiger partial charge < -0.3 is 10.0 Å². The summed E-state index contributed by atoms with van der Waals surface area (Å²) in [6.07, 6.45) is 7.69. The van der Waals surface area contributed by atoms with Gasteiger partial charge in [-0.1, -0.05) is 61.9 Å². The van der Waals surface area contributed by atoms with E-state index in [1.54, 1.807) is 0 Å². The first-order valence-electron chi connectivity index (χ1n) is 5.61. The molecule has 0 amide bonds. The molecular formula is C10H24BBrO2. The number of halogens is 1. The minimum absolute atomic E-state index is 0.522. The number of hydrogen-bond acceptors (Lipinski definition) is 2. The molecule has 0 aromatic carbocycles. The van der Waals surface area contributed by atoms with Crippen molar-refractivity contribution in [3.63, 3.8) is 0 Å².